The molecule has 19 heavy (non-hydrogen) atoms. The fourth-order valence-electron chi connectivity index (χ4n) is 2.03. The molecule has 0 unspecified atom stereocenters. The first-order valence-corrected chi connectivity index (χ1v) is 6.07. The van der Waals surface area contributed by atoms with Crippen molar-refractivity contribution in [3.63, 3.8) is 0 Å². The third-order valence-electron chi connectivity index (χ3n) is 2.94. The molecule has 3 rings (SSSR count). The Morgan fingerprint density at radius 1 is 1.11 bits per heavy atom. The summed E-state index contributed by atoms with van der Waals surface area (Å²) in [6.07, 6.45) is 3.57. The van der Waals surface area contributed by atoms with Crippen molar-refractivity contribution < 1.29 is 0 Å². The van der Waals surface area contributed by atoms with Crippen molar-refractivity contribution in [1.82, 2.24) is 9.97 Å². The number of fused-ring (bicyclic) bond motifs is 1. The van der Waals surface area contributed by atoms with Gasteiger partial charge < -0.3 is 11.1 Å². The molecule has 2 heterocycles. The second-order valence-electron chi connectivity index (χ2n) is 4.46. The number of anilines is 3. The second-order valence-corrected chi connectivity index (χ2v) is 4.46. The maximum atomic E-state index is 5.97. The topological polar surface area (TPSA) is 63.8 Å². The minimum atomic E-state index is 0.632. The van der Waals surface area contributed by atoms with Crippen LogP contribution < -0.4 is 11.1 Å². The smallest absolute Gasteiger partial charge is 0.153 e. The van der Waals surface area contributed by atoms with Crippen molar-refractivity contribution in [2.45, 2.75) is 6.92 Å². The molecule has 0 saturated carbocycles. The van der Waals surface area contributed by atoms with Crippen molar-refractivity contribution in [3.8, 4) is 0 Å². The first kappa shape index (κ1) is 11.5. The van der Waals surface area contributed by atoms with Gasteiger partial charge in [0.05, 0.1) is 16.9 Å². The Balaban J connectivity index is 2.06. The van der Waals surface area contributed by atoms with Crippen LogP contribution in [0, 0.1) is 6.92 Å². The van der Waals surface area contributed by atoms with Gasteiger partial charge in [-0.3, -0.25) is 4.98 Å². The molecule has 0 atom stereocenters. The van der Waals surface area contributed by atoms with Crippen LogP contribution >= 0.6 is 0 Å². The Morgan fingerprint density at radius 3 is 2.79 bits per heavy atom. The van der Waals surface area contributed by atoms with E-state index in [1.54, 1.807) is 12.4 Å². The fraction of sp³-hybridized carbons (Fsp3) is 0.0667. The molecular formula is C15H14N4. The zero-order valence-corrected chi connectivity index (χ0v) is 10.6. The molecule has 0 aliphatic heterocycles. The summed E-state index contributed by atoms with van der Waals surface area (Å²) in [4.78, 5) is 8.71. The molecule has 4 nitrogen and oxygen atoms in total. The van der Waals surface area contributed by atoms with Gasteiger partial charge in [-0.25, -0.2) is 4.98 Å². The van der Waals surface area contributed by atoms with E-state index in [1.807, 2.05) is 43.3 Å². The lowest BCUT2D eigenvalue weighted by Gasteiger charge is -2.10. The van der Waals surface area contributed by atoms with E-state index in [0.29, 0.717) is 11.5 Å². The average molecular weight is 250 g/mol. The number of nitrogens with zero attached hydrogens (tertiary/aromatic N) is 2. The highest BCUT2D eigenvalue weighted by molar-refractivity contribution is 5.92. The predicted molar refractivity (Wildman–Crippen MR) is 78.4 cm³/mol. The molecule has 0 amide bonds. The van der Waals surface area contributed by atoms with Gasteiger partial charge in [-0.1, -0.05) is 18.2 Å². The largest absolute Gasteiger partial charge is 0.396 e. The summed E-state index contributed by atoms with van der Waals surface area (Å²) in [5, 5.41) is 4.33. The van der Waals surface area contributed by atoms with Crippen molar-refractivity contribution in [2.75, 3.05) is 11.1 Å². The molecule has 94 valence electrons. The molecule has 0 spiro atoms. The van der Waals surface area contributed by atoms with E-state index in [9.17, 15) is 0 Å². The predicted octanol–water partition coefficient (Wildman–Crippen LogP) is 3.26. The van der Waals surface area contributed by atoms with E-state index in [2.05, 4.69) is 15.3 Å². The number of aryl methyl sites for hydroxylation is 1. The normalized spacial score (nSPS) is 10.6. The summed E-state index contributed by atoms with van der Waals surface area (Å²) in [6.45, 7) is 1.96. The standard InChI is InChI=1S/C15H14N4/c1-10-8-12(16)15(18-9-10)19-13-6-2-4-11-5-3-7-17-14(11)13/h2-9H,16H2,1H3,(H,18,19). The van der Waals surface area contributed by atoms with Gasteiger partial charge in [0, 0.05) is 17.8 Å². The van der Waals surface area contributed by atoms with E-state index in [1.165, 1.54) is 0 Å². The highest BCUT2D eigenvalue weighted by Gasteiger charge is 2.05. The zero-order valence-electron chi connectivity index (χ0n) is 10.6. The Morgan fingerprint density at radius 2 is 1.95 bits per heavy atom. The number of pyridine rings is 2. The van der Waals surface area contributed by atoms with Crippen molar-refractivity contribution in [3.05, 3.63) is 54.4 Å². The van der Waals surface area contributed by atoms with Crippen LogP contribution in [0.5, 0.6) is 0 Å². The van der Waals surface area contributed by atoms with Crippen LogP contribution in [-0.4, -0.2) is 9.97 Å². The van der Waals surface area contributed by atoms with Gasteiger partial charge in [-0.2, -0.15) is 0 Å². The first-order chi connectivity index (χ1) is 9.24. The van der Waals surface area contributed by atoms with Crippen LogP contribution in [0.2, 0.25) is 0 Å². The minimum Gasteiger partial charge on any atom is -0.396 e. The van der Waals surface area contributed by atoms with Gasteiger partial charge in [0.2, 0.25) is 0 Å². The van der Waals surface area contributed by atoms with Gasteiger partial charge in [0.1, 0.15) is 0 Å². The Hall–Kier alpha value is -2.62. The Kier molecular flexibility index (Phi) is 2.76. The first-order valence-electron chi connectivity index (χ1n) is 6.07. The third-order valence-corrected chi connectivity index (χ3v) is 2.94. The SMILES string of the molecule is Cc1cnc(Nc2cccc3cccnc23)c(N)c1. The summed E-state index contributed by atoms with van der Waals surface area (Å²) >= 11 is 0. The summed E-state index contributed by atoms with van der Waals surface area (Å²) in [6, 6.07) is 11.8. The number of para-hydroxylation sites is 1. The van der Waals surface area contributed by atoms with Gasteiger partial charge in [0.15, 0.2) is 5.82 Å². The van der Waals surface area contributed by atoms with E-state index in [-0.39, 0.29) is 0 Å². The van der Waals surface area contributed by atoms with Crippen LogP contribution in [0.1, 0.15) is 5.56 Å². The van der Waals surface area contributed by atoms with E-state index in [4.69, 9.17) is 5.73 Å². The Bertz CT molecular complexity index is 732. The lowest BCUT2D eigenvalue weighted by atomic mass is 10.2. The fourth-order valence-corrected chi connectivity index (χ4v) is 2.03. The van der Waals surface area contributed by atoms with Crippen LogP contribution in [0.4, 0.5) is 17.2 Å². The third kappa shape index (κ3) is 2.20. The monoisotopic (exact) mass is 250 g/mol. The highest BCUT2D eigenvalue weighted by Crippen LogP contribution is 2.26. The zero-order chi connectivity index (χ0) is 13.2. The van der Waals surface area contributed by atoms with E-state index >= 15 is 0 Å². The number of rotatable bonds is 2. The number of benzene rings is 1. The maximum absolute atomic E-state index is 5.97. The molecule has 3 N–H and O–H groups in total. The molecule has 0 saturated heterocycles. The van der Waals surface area contributed by atoms with Crippen molar-refractivity contribution >= 4 is 28.1 Å². The molecule has 1 aromatic carbocycles. The molecule has 0 bridgehead atoms. The van der Waals surface area contributed by atoms with Crippen LogP contribution in [0.3, 0.4) is 0 Å². The highest BCUT2D eigenvalue weighted by atomic mass is 15.0. The van der Waals surface area contributed by atoms with Gasteiger partial charge in [-0.05, 0) is 30.7 Å². The summed E-state index contributed by atoms with van der Waals surface area (Å²) in [5.41, 5.74) is 9.45. The van der Waals surface area contributed by atoms with Crippen LogP contribution in [0.25, 0.3) is 10.9 Å². The van der Waals surface area contributed by atoms with E-state index in [0.717, 1.165) is 22.2 Å². The Labute approximate surface area is 111 Å². The molecule has 4 heteroatoms. The number of hydrogen-bond donors (Lipinski definition) is 2. The average Bonchev–Trinajstić information content (AvgIpc) is 2.42. The number of nitrogens with two attached hydrogens (primary N) is 1. The van der Waals surface area contributed by atoms with Gasteiger partial charge in [-0.15, -0.1) is 0 Å². The number of hydrogen-bond acceptors (Lipinski definition) is 4. The molecule has 0 fully saturated rings. The molecule has 0 aliphatic rings. The van der Waals surface area contributed by atoms with Gasteiger partial charge >= 0.3 is 0 Å². The van der Waals surface area contributed by atoms with Gasteiger partial charge in [0.25, 0.3) is 0 Å². The number of nitrogens with one attached hydrogen (secondary N) is 1. The molecule has 0 aliphatic carbocycles. The second kappa shape index (κ2) is 4.57. The summed E-state index contributed by atoms with van der Waals surface area (Å²) in [5.74, 6) is 0.656. The van der Waals surface area contributed by atoms with Crippen molar-refractivity contribution in [2.24, 2.45) is 0 Å². The van der Waals surface area contributed by atoms with Crippen LogP contribution in [-0.2, 0) is 0 Å². The molecule has 0 radical (unpaired) electrons. The number of nitrogen functional groups attached to an aromatic ring is 1. The quantitative estimate of drug-likeness (QED) is 0.732. The number of aromatic nitrogens is 2. The molecule has 2 aromatic heterocycles. The van der Waals surface area contributed by atoms with Crippen molar-refractivity contribution in [1.29, 1.82) is 0 Å². The maximum Gasteiger partial charge on any atom is 0.153 e. The van der Waals surface area contributed by atoms with Crippen LogP contribution in [0.15, 0.2) is 48.8 Å². The summed E-state index contributed by atoms with van der Waals surface area (Å²) in [7, 11) is 0. The lowest BCUT2D eigenvalue weighted by molar-refractivity contribution is 1.26. The lowest BCUT2D eigenvalue weighted by Crippen LogP contribution is -2.00. The summed E-state index contributed by atoms with van der Waals surface area (Å²) < 4.78 is 0. The van der Waals surface area contributed by atoms with E-state index < -0.39 is 0 Å². The molecular weight excluding hydrogens is 236 g/mol. The minimum absolute atomic E-state index is 0.632. The molecule has 3 aromatic rings.